The van der Waals surface area contributed by atoms with Gasteiger partial charge in [-0.15, -0.1) is 0 Å². The van der Waals surface area contributed by atoms with Gasteiger partial charge in [0.2, 0.25) is 11.9 Å². The SMILES string of the molecule is COCC(=O)Nc1ccc2cc1CCc1cccc(c1)Nc1ncc(Cl)c(n1)N2. The lowest BCUT2D eigenvalue weighted by atomic mass is 10.0. The summed E-state index contributed by atoms with van der Waals surface area (Å²) in [7, 11) is 1.50. The molecule has 1 aliphatic rings. The molecule has 7 nitrogen and oxygen atoms in total. The molecule has 0 aliphatic carbocycles. The van der Waals surface area contributed by atoms with E-state index in [-0.39, 0.29) is 12.5 Å². The second-order valence-electron chi connectivity index (χ2n) is 6.69. The number of nitrogens with zero attached hydrogens (tertiary/aromatic N) is 2. The minimum Gasteiger partial charge on any atom is -0.375 e. The van der Waals surface area contributed by atoms with Crippen LogP contribution in [-0.2, 0) is 22.4 Å². The number of aryl methyl sites for hydroxylation is 2. The molecule has 1 aromatic heterocycles. The number of ether oxygens (including phenoxy) is 1. The van der Waals surface area contributed by atoms with E-state index in [0.717, 1.165) is 41.0 Å². The lowest BCUT2D eigenvalue weighted by Crippen LogP contribution is -2.18. The molecule has 1 amide bonds. The Kier molecular flexibility index (Phi) is 5.59. The van der Waals surface area contributed by atoms with Crippen LogP contribution in [0.25, 0.3) is 0 Å². The fourth-order valence-electron chi connectivity index (χ4n) is 3.18. The van der Waals surface area contributed by atoms with Crippen LogP contribution in [-0.4, -0.2) is 29.6 Å². The molecule has 0 saturated heterocycles. The van der Waals surface area contributed by atoms with E-state index in [9.17, 15) is 4.79 Å². The summed E-state index contributed by atoms with van der Waals surface area (Å²) >= 11 is 6.28. The summed E-state index contributed by atoms with van der Waals surface area (Å²) in [6.45, 7) is 0.00642. The van der Waals surface area contributed by atoms with Crippen molar-refractivity contribution in [2.45, 2.75) is 12.8 Å². The summed E-state index contributed by atoms with van der Waals surface area (Å²) < 4.78 is 4.92. The molecule has 0 saturated carbocycles. The molecule has 6 bridgehead atoms. The number of carbonyl (C=O) groups is 1. The van der Waals surface area contributed by atoms with Gasteiger partial charge in [-0.3, -0.25) is 4.79 Å². The third-order valence-corrected chi connectivity index (χ3v) is 4.80. The summed E-state index contributed by atoms with van der Waals surface area (Å²) in [6.07, 6.45) is 3.12. The van der Waals surface area contributed by atoms with Crippen LogP contribution in [0.1, 0.15) is 11.1 Å². The number of hydrogen-bond donors (Lipinski definition) is 3. The monoisotopic (exact) mass is 409 g/mol. The van der Waals surface area contributed by atoms with Crippen molar-refractivity contribution in [1.29, 1.82) is 0 Å². The van der Waals surface area contributed by atoms with Gasteiger partial charge in [0.15, 0.2) is 5.82 Å². The van der Waals surface area contributed by atoms with E-state index in [1.54, 1.807) is 6.20 Å². The van der Waals surface area contributed by atoms with Gasteiger partial charge in [-0.05, 0) is 54.3 Å². The first-order chi connectivity index (χ1) is 14.1. The first kappa shape index (κ1) is 19.2. The van der Waals surface area contributed by atoms with E-state index in [0.29, 0.717) is 16.8 Å². The Morgan fingerprint density at radius 1 is 1.17 bits per heavy atom. The van der Waals surface area contributed by atoms with Gasteiger partial charge in [-0.1, -0.05) is 23.7 Å². The highest BCUT2D eigenvalue weighted by atomic mass is 35.5. The van der Waals surface area contributed by atoms with Crippen molar-refractivity contribution >= 4 is 46.3 Å². The van der Waals surface area contributed by atoms with Gasteiger partial charge < -0.3 is 20.7 Å². The van der Waals surface area contributed by atoms with Crippen LogP contribution in [0.3, 0.4) is 0 Å². The predicted molar refractivity (Wildman–Crippen MR) is 114 cm³/mol. The van der Waals surface area contributed by atoms with Crippen LogP contribution in [0.5, 0.6) is 0 Å². The third-order valence-electron chi connectivity index (χ3n) is 4.53. The summed E-state index contributed by atoms with van der Waals surface area (Å²) in [5.41, 5.74) is 4.65. The van der Waals surface area contributed by atoms with Gasteiger partial charge in [0.25, 0.3) is 0 Å². The number of benzene rings is 2. The number of methoxy groups -OCH3 is 1. The van der Waals surface area contributed by atoms with Crippen LogP contribution < -0.4 is 16.0 Å². The van der Waals surface area contributed by atoms with Crippen LogP contribution >= 0.6 is 11.6 Å². The number of anilines is 5. The van der Waals surface area contributed by atoms with Crippen molar-refractivity contribution in [1.82, 2.24) is 9.97 Å². The molecule has 0 spiro atoms. The van der Waals surface area contributed by atoms with E-state index in [1.165, 1.54) is 7.11 Å². The number of amides is 1. The maximum Gasteiger partial charge on any atom is 0.250 e. The number of fused-ring (bicyclic) bond motifs is 6. The summed E-state index contributed by atoms with van der Waals surface area (Å²) in [5.74, 6) is 0.765. The van der Waals surface area contributed by atoms with Crippen LogP contribution in [0.2, 0.25) is 5.02 Å². The minimum atomic E-state index is -0.193. The van der Waals surface area contributed by atoms with E-state index in [2.05, 4.69) is 38.1 Å². The highest BCUT2D eigenvalue weighted by Gasteiger charge is 2.12. The topological polar surface area (TPSA) is 88.2 Å². The van der Waals surface area contributed by atoms with Gasteiger partial charge in [0.1, 0.15) is 11.6 Å². The summed E-state index contributed by atoms with van der Waals surface area (Å²) in [6, 6.07) is 13.8. The molecule has 3 N–H and O–H groups in total. The zero-order valence-electron chi connectivity index (χ0n) is 15.8. The molecule has 0 atom stereocenters. The Labute approximate surface area is 173 Å². The van der Waals surface area contributed by atoms with Gasteiger partial charge in [-0.2, -0.15) is 4.98 Å². The van der Waals surface area contributed by atoms with E-state index in [1.807, 2.05) is 30.3 Å². The Bertz CT molecular complexity index is 1060. The second-order valence-corrected chi connectivity index (χ2v) is 7.10. The van der Waals surface area contributed by atoms with Crippen LogP contribution in [0.4, 0.5) is 28.8 Å². The van der Waals surface area contributed by atoms with Crippen molar-refractivity contribution in [2.75, 3.05) is 29.7 Å². The Hall–Kier alpha value is -3.16. The lowest BCUT2D eigenvalue weighted by molar-refractivity contribution is -0.119. The second kappa shape index (κ2) is 8.46. The number of halogens is 1. The van der Waals surface area contributed by atoms with Crippen molar-refractivity contribution in [3.05, 3.63) is 64.8 Å². The highest BCUT2D eigenvalue weighted by Crippen LogP contribution is 2.29. The zero-order chi connectivity index (χ0) is 20.2. The molecule has 1 aliphatic heterocycles. The highest BCUT2D eigenvalue weighted by molar-refractivity contribution is 6.32. The van der Waals surface area contributed by atoms with Crippen molar-refractivity contribution in [3.8, 4) is 0 Å². The van der Waals surface area contributed by atoms with Gasteiger partial charge in [-0.25, -0.2) is 4.98 Å². The summed E-state index contributed by atoms with van der Waals surface area (Å²) in [4.78, 5) is 20.8. The fourth-order valence-corrected chi connectivity index (χ4v) is 3.32. The number of carbonyl (C=O) groups excluding carboxylic acids is 1. The van der Waals surface area contributed by atoms with Crippen LogP contribution in [0.15, 0.2) is 48.7 Å². The first-order valence-electron chi connectivity index (χ1n) is 9.18. The number of aromatic nitrogens is 2. The van der Waals surface area contributed by atoms with Gasteiger partial charge >= 0.3 is 0 Å². The number of hydrogen-bond acceptors (Lipinski definition) is 6. The lowest BCUT2D eigenvalue weighted by Gasteiger charge is -2.14. The molecule has 0 unspecified atom stereocenters. The van der Waals surface area contributed by atoms with Crippen LogP contribution in [0, 0.1) is 0 Å². The first-order valence-corrected chi connectivity index (χ1v) is 9.56. The molecule has 4 rings (SSSR count). The Balaban J connectivity index is 1.75. The molecule has 148 valence electrons. The third kappa shape index (κ3) is 4.64. The largest absolute Gasteiger partial charge is 0.375 e. The fraction of sp³-hybridized carbons (Fsp3) is 0.190. The van der Waals surface area contributed by atoms with E-state index < -0.39 is 0 Å². The number of nitrogens with one attached hydrogen (secondary N) is 3. The maximum atomic E-state index is 12.0. The molecule has 8 heteroatoms. The van der Waals surface area contributed by atoms with E-state index in [4.69, 9.17) is 16.3 Å². The van der Waals surface area contributed by atoms with E-state index >= 15 is 0 Å². The quantitative estimate of drug-likeness (QED) is 0.597. The molecule has 0 radical (unpaired) electrons. The molecule has 3 aromatic rings. The van der Waals surface area contributed by atoms with Gasteiger partial charge in [0, 0.05) is 24.2 Å². The summed E-state index contributed by atoms with van der Waals surface area (Å²) in [5, 5.41) is 9.79. The molecule has 2 heterocycles. The maximum absolute atomic E-state index is 12.0. The molecular formula is C21H20ClN5O2. The normalized spacial score (nSPS) is 12.5. The number of rotatable bonds is 3. The smallest absolute Gasteiger partial charge is 0.250 e. The molecule has 2 aromatic carbocycles. The molecule has 0 fully saturated rings. The van der Waals surface area contributed by atoms with Crippen molar-refractivity contribution in [3.63, 3.8) is 0 Å². The van der Waals surface area contributed by atoms with Gasteiger partial charge in [0.05, 0.1) is 6.20 Å². The standard InChI is InChI=1S/C21H20ClN5O2/c1-29-12-19(28)26-18-8-7-16-10-14(18)6-5-13-3-2-4-15(9-13)25-21-23-11-17(22)20(24-16)27-21/h2-4,7-11H,5-6,12H2,1H3,(H,26,28)(H2,23,24,25,27). The minimum absolute atomic E-state index is 0.00642. The van der Waals surface area contributed by atoms with Crippen molar-refractivity contribution < 1.29 is 9.53 Å². The van der Waals surface area contributed by atoms with Crippen molar-refractivity contribution in [2.24, 2.45) is 0 Å². The molecular weight excluding hydrogens is 390 g/mol. The Morgan fingerprint density at radius 3 is 2.90 bits per heavy atom. The zero-order valence-corrected chi connectivity index (χ0v) is 16.6. The predicted octanol–water partition coefficient (Wildman–Crippen LogP) is 4.30. The molecule has 29 heavy (non-hydrogen) atoms. The average Bonchev–Trinajstić information content (AvgIpc) is 2.71. The Morgan fingerprint density at radius 2 is 2.03 bits per heavy atom. The average molecular weight is 410 g/mol.